The van der Waals surface area contributed by atoms with Gasteiger partial charge in [-0.2, -0.15) is 13.2 Å². The predicted molar refractivity (Wildman–Crippen MR) is 113 cm³/mol. The van der Waals surface area contributed by atoms with E-state index in [2.05, 4.69) is 15.2 Å². The van der Waals surface area contributed by atoms with Crippen LogP contribution in [0.15, 0.2) is 51.9 Å². The summed E-state index contributed by atoms with van der Waals surface area (Å²) in [7, 11) is -4.13. The summed E-state index contributed by atoms with van der Waals surface area (Å²) in [5, 5.41) is 6.46. The smallest absolute Gasteiger partial charge is 0.337 e. The molecule has 0 atom stereocenters. The molecule has 2 N–H and O–H groups in total. The maximum absolute atomic E-state index is 13.0. The standard InChI is InChI=1S/C21H20F3N3O4S/c1-4-17-19(20(31-26-17)25-13(3)28)14-6-5-12(2)18(11-14)32(29,30)27-16-9-7-15(8-10-16)21(22,23)24/h5-11,27H,4H2,1-3H3,(H,25,28). The van der Waals surface area contributed by atoms with E-state index >= 15 is 0 Å². The molecule has 32 heavy (non-hydrogen) atoms. The van der Waals surface area contributed by atoms with Gasteiger partial charge in [-0.15, -0.1) is 0 Å². The van der Waals surface area contributed by atoms with Crippen LogP contribution in [0.25, 0.3) is 11.1 Å². The van der Waals surface area contributed by atoms with Gasteiger partial charge in [-0.3, -0.25) is 14.8 Å². The zero-order valence-corrected chi connectivity index (χ0v) is 18.2. The Morgan fingerprint density at radius 2 is 1.78 bits per heavy atom. The third-order valence-corrected chi connectivity index (χ3v) is 6.14. The highest BCUT2D eigenvalue weighted by atomic mass is 32.2. The second kappa shape index (κ2) is 8.65. The predicted octanol–water partition coefficient (Wildman–Crippen LogP) is 4.99. The van der Waals surface area contributed by atoms with E-state index in [0.717, 1.165) is 24.3 Å². The number of nitrogens with zero attached hydrogens (tertiary/aromatic N) is 1. The van der Waals surface area contributed by atoms with E-state index in [0.29, 0.717) is 28.8 Å². The second-order valence-corrected chi connectivity index (χ2v) is 8.68. The minimum absolute atomic E-state index is 0.0130. The molecule has 1 heterocycles. The zero-order chi connectivity index (χ0) is 23.7. The van der Waals surface area contributed by atoms with Gasteiger partial charge >= 0.3 is 6.18 Å². The van der Waals surface area contributed by atoms with E-state index < -0.39 is 21.8 Å². The number of halogens is 3. The van der Waals surface area contributed by atoms with Crippen LogP contribution in [0.3, 0.4) is 0 Å². The SMILES string of the molecule is CCc1noc(NC(C)=O)c1-c1ccc(C)c(S(=O)(=O)Nc2ccc(C(F)(F)F)cc2)c1. The molecule has 1 amide bonds. The molecular formula is C21H20F3N3O4S. The van der Waals surface area contributed by atoms with E-state index in [1.807, 2.05) is 6.92 Å². The molecule has 0 fully saturated rings. The Labute approximate surface area is 182 Å². The van der Waals surface area contributed by atoms with Gasteiger partial charge in [0, 0.05) is 12.6 Å². The fraction of sp³-hybridized carbons (Fsp3) is 0.238. The maximum Gasteiger partial charge on any atom is 0.416 e. The van der Waals surface area contributed by atoms with Crippen LogP contribution in [-0.2, 0) is 27.4 Å². The number of hydrogen-bond donors (Lipinski definition) is 2. The number of sulfonamides is 1. The van der Waals surface area contributed by atoms with Crippen LogP contribution in [-0.4, -0.2) is 19.5 Å². The number of anilines is 2. The van der Waals surface area contributed by atoms with Crippen molar-refractivity contribution in [2.75, 3.05) is 10.0 Å². The van der Waals surface area contributed by atoms with E-state index in [4.69, 9.17) is 4.52 Å². The Balaban J connectivity index is 2.00. The largest absolute Gasteiger partial charge is 0.416 e. The van der Waals surface area contributed by atoms with Gasteiger partial charge in [-0.25, -0.2) is 8.42 Å². The monoisotopic (exact) mass is 467 g/mol. The summed E-state index contributed by atoms with van der Waals surface area (Å²) < 4.78 is 71.8. The molecule has 3 aromatic rings. The van der Waals surface area contributed by atoms with Crippen molar-refractivity contribution in [1.82, 2.24) is 5.16 Å². The first-order valence-corrected chi connectivity index (χ1v) is 11.0. The van der Waals surface area contributed by atoms with Crippen LogP contribution in [0.2, 0.25) is 0 Å². The van der Waals surface area contributed by atoms with Crippen molar-refractivity contribution < 1.29 is 30.9 Å². The third kappa shape index (κ3) is 4.93. The van der Waals surface area contributed by atoms with Crippen LogP contribution in [0.1, 0.15) is 30.7 Å². The lowest BCUT2D eigenvalue weighted by atomic mass is 10.0. The number of carbonyl (C=O) groups excluding carboxylic acids is 1. The lowest BCUT2D eigenvalue weighted by Crippen LogP contribution is -2.15. The quantitative estimate of drug-likeness (QED) is 0.532. The lowest BCUT2D eigenvalue weighted by Gasteiger charge is -2.13. The summed E-state index contributed by atoms with van der Waals surface area (Å²) in [6, 6.07) is 8.34. The Hall–Kier alpha value is -3.34. The topological polar surface area (TPSA) is 101 Å². The van der Waals surface area contributed by atoms with Gasteiger partial charge in [0.2, 0.25) is 11.8 Å². The van der Waals surface area contributed by atoms with Gasteiger partial charge in [-0.05, 0) is 54.8 Å². The lowest BCUT2D eigenvalue weighted by molar-refractivity contribution is -0.137. The first kappa shape index (κ1) is 23.3. The molecule has 0 aliphatic heterocycles. The number of amides is 1. The highest BCUT2D eigenvalue weighted by Gasteiger charge is 2.30. The van der Waals surface area contributed by atoms with Crippen LogP contribution >= 0.6 is 0 Å². The summed E-state index contributed by atoms with van der Waals surface area (Å²) in [6.45, 7) is 4.72. The molecule has 0 saturated heterocycles. The average Bonchev–Trinajstić information content (AvgIpc) is 3.09. The van der Waals surface area contributed by atoms with Crippen LogP contribution < -0.4 is 10.0 Å². The Kier molecular flexibility index (Phi) is 6.31. The molecule has 0 aliphatic carbocycles. The van der Waals surface area contributed by atoms with Crippen molar-refractivity contribution in [3.63, 3.8) is 0 Å². The Morgan fingerprint density at radius 3 is 2.34 bits per heavy atom. The van der Waals surface area contributed by atoms with E-state index in [1.54, 1.807) is 19.1 Å². The molecule has 3 rings (SSSR count). The van der Waals surface area contributed by atoms with Gasteiger partial charge in [-0.1, -0.05) is 24.2 Å². The van der Waals surface area contributed by atoms with Gasteiger partial charge in [0.05, 0.1) is 21.7 Å². The first-order valence-electron chi connectivity index (χ1n) is 9.49. The van der Waals surface area contributed by atoms with Gasteiger partial charge in [0.15, 0.2) is 0 Å². The summed E-state index contributed by atoms with van der Waals surface area (Å²) >= 11 is 0. The van der Waals surface area contributed by atoms with E-state index in [9.17, 15) is 26.4 Å². The summed E-state index contributed by atoms with van der Waals surface area (Å²) in [5.41, 5.74) is 0.948. The molecule has 0 bridgehead atoms. The summed E-state index contributed by atoms with van der Waals surface area (Å²) in [6.07, 6.45) is -4.05. The Morgan fingerprint density at radius 1 is 1.12 bits per heavy atom. The summed E-state index contributed by atoms with van der Waals surface area (Å²) in [5.74, 6) is -0.286. The molecule has 170 valence electrons. The number of alkyl halides is 3. The average molecular weight is 467 g/mol. The summed E-state index contributed by atoms with van der Waals surface area (Å²) in [4.78, 5) is 11.4. The molecule has 7 nitrogen and oxygen atoms in total. The van der Waals surface area contributed by atoms with Crippen LogP contribution in [0.5, 0.6) is 0 Å². The minimum Gasteiger partial charge on any atom is -0.337 e. The van der Waals surface area contributed by atoms with E-state index in [1.165, 1.54) is 13.0 Å². The molecule has 2 aromatic carbocycles. The van der Waals surface area contributed by atoms with Crippen LogP contribution in [0.4, 0.5) is 24.7 Å². The highest BCUT2D eigenvalue weighted by Crippen LogP contribution is 2.35. The van der Waals surface area contributed by atoms with Crippen molar-refractivity contribution in [1.29, 1.82) is 0 Å². The molecule has 0 radical (unpaired) electrons. The zero-order valence-electron chi connectivity index (χ0n) is 17.4. The van der Waals surface area contributed by atoms with Gasteiger partial charge in [0.25, 0.3) is 10.0 Å². The fourth-order valence-corrected chi connectivity index (χ4v) is 4.42. The first-order chi connectivity index (χ1) is 14.9. The van der Waals surface area contributed by atoms with Crippen molar-refractivity contribution in [3.05, 3.63) is 59.3 Å². The molecule has 0 aliphatic rings. The number of carbonyl (C=O) groups is 1. The van der Waals surface area contributed by atoms with Crippen LogP contribution in [0, 0.1) is 6.92 Å². The fourth-order valence-electron chi connectivity index (χ4n) is 3.09. The van der Waals surface area contributed by atoms with Crippen molar-refractivity contribution in [2.24, 2.45) is 0 Å². The Bertz CT molecular complexity index is 1250. The van der Waals surface area contributed by atoms with E-state index in [-0.39, 0.29) is 22.4 Å². The number of aromatic nitrogens is 1. The molecule has 0 spiro atoms. The van der Waals surface area contributed by atoms with Gasteiger partial charge < -0.3 is 4.52 Å². The van der Waals surface area contributed by atoms with Crippen molar-refractivity contribution >= 4 is 27.5 Å². The molecule has 11 heteroatoms. The van der Waals surface area contributed by atoms with Crippen molar-refractivity contribution in [2.45, 2.75) is 38.3 Å². The normalized spacial score (nSPS) is 11.9. The molecular weight excluding hydrogens is 447 g/mol. The second-order valence-electron chi connectivity index (χ2n) is 7.03. The minimum atomic E-state index is -4.52. The number of aryl methyl sites for hydroxylation is 2. The number of hydrogen-bond acceptors (Lipinski definition) is 5. The molecule has 1 aromatic heterocycles. The number of benzene rings is 2. The van der Waals surface area contributed by atoms with Crippen molar-refractivity contribution in [3.8, 4) is 11.1 Å². The maximum atomic E-state index is 13.0. The third-order valence-electron chi connectivity index (χ3n) is 4.62. The highest BCUT2D eigenvalue weighted by molar-refractivity contribution is 7.92. The molecule has 0 saturated carbocycles. The number of rotatable bonds is 6. The number of nitrogens with one attached hydrogen (secondary N) is 2. The van der Waals surface area contributed by atoms with Gasteiger partial charge in [0.1, 0.15) is 0 Å². The molecule has 0 unspecified atom stereocenters.